The van der Waals surface area contributed by atoms with Gasteiger partial charge >= 0.3 is 0 Å². The fraction of sp³-hybridized carbons (Fsp3) is 0.600. The third kappa shape index (κ3) is 5.13. The van der Waals surface area contributed by atoms with Crippen molar-refractivity contribution in [2.75, 3.05) is 33.4 Å². The lowest BCUT2D eigenvalue weighted by Crippen LogP contribution is -2.38. The standard InChI is InChI=1S/C15H24BrFN2O/c1-11(2)10-19(6-7-20-3)15(9-18)13-5-4-12(16)8-14(13)17/h4-5,8,11,15H,6-7,9-10,18H2,1-3H3. The summed E-state index contributed by atoms with van der Waals surface area (Å²) in [6.45, 7) is 6.89. The van der Waals surface area contributed by atoms with Gasteiger partial charge in [-0.3, -0.25) is 4.90 Å². The van der Waals surface area contributed by atoms with Crippen molar-refractivity contribution in [3.8, 4) is 0 Å². The van der Waals surface area contributed by atoms with Crippen molar-refractivity contribution in [1.82, 2.24) is 4.90 Å². The summed E-state index contributed by atoms with van der Waals surface area (Å²) in [6, 6.07) is 5.02. The molecule has 0 amide bonds. The molecule has 0 fully saturated rings. The number of nitrogens with two attached hydrogens (primary N) is 1. The van der Waals surface area contributed by atoms with E-state index in [1.165, 1.54) is 6.07 Å². The first-order valence-electron chi connectivity index (χ1n) is 6.87. The van der Waals surface area contributed by atoms with Gasteiger partial charge in [-0.05, 0) is 18.1 Å². The number of rotatable bonds is 8. The molecule has 0 aliphatic heterocycles. The van der Waals surface area contributed by atoms with Crippen LogP contribution in [0, 0.1) is 11.7 Å². The van der Waals surface area contributed by atoms with E-state index in [-0.39, 0.29) is 11.9 Å². The number of ether oxygens (including phenoxy) is 1. The molecule has 1 atom stereocenters. The molecule has 0 aliphatic rings. The van der Waals surface area contributed by atoms with Crippen molar-refractivity contribution in [3.05, 3.63) is 34.1 Å². The van der Waals surface area contributed by atoms with Crippen LogP contribution >= 0.6 is 15.9 Å². The molecular weight excluding hydrogens is 323 g/mol. The van der Waals surface area contributed by atoms with Crippen molar-refractivity contribution < 1.29 is 9.13 Å². The first-order chi connectivity index (χ1) is 9.49. The molecule has 0 spiro atoms. The number of nitrogens with zero attached hydrogens (tertiary/aromatic N) is 1. The SMILES string of the molecule is COCCN(CC(C)C)C(CN)c1ccc(Br)cc1F. The molecule has 0 bridgehead atoms. The monoisotopic (exact) mass is 346 g/mol. The second kappa shape index (κ2) is 8.72. The Labute approximate surface area is 129 Å². The van der Waals surface area contributed by atoms with Crippen molar-refractivity contribution in [2.24, 2.45) is 11.7 Å². The Hall–Kier alpha value is -0.490. The summed E-state index contributed by atoms with van der Waals surface area (Å²) in [4.78, 5) is 2.19. The average Bonchev–Trinajstić information content (AvgIpc) is 2.38. The smallest absolute Gasteiger partial charge is 0.129 e. The highest BCUT2D eigenvalue weighted by Crippen LogP contribution is 2.25. The first kappa shape index (κ1) is 17.6. The van der Waals surface area contributed by atoms with Crippen molar-refractivity contribution in [3.63, 3.8) is 0 Å². The normalized spacial score (nSPS) is 13.2. The maximum atomic E-state index is 14.2. The summed E-state index contributed by atoms with van der Waals surface area (Å²) in [7, 11) is 1.67. The maximum Gasteiger partial charge on any atom is 0.129 e. The Morgan fingerprint density at radius 2 is 2.10 bits per heavy atom. The minimum atomic E-state index is -0.221. The van der Waals surface area contributed by atoms with Crippen LogP contribution in [0.5, 0.6) is 0 Å². The van der Waals surface area contributed by atoms with Gasteiger partial charge in [-0.2, -0.15) is 0 Å². The predicted molar refractivity (Wildman–Crippen MR) is 84.2 cm³/mol. The van der Waals surface area contributed by atoms with E-state index >= 15 is 0 Å². The molecule has 114 valence electrons. The zero-order valence-corrected chi connectivity index (χ0v) is 14.0. The second-order valence-electron chi connectivity index (χ2n) is 5.30. The van der Waals surface area contributed by atoms with Crippen LogP contribution in [-0.4, -0.2) is 38.3 Å². The van der Waals surface area contributed by atoms with E-state index in [2.05, 4.69) is 34.7 Å². The molecule has 1 aromatic carbocycles. The van der Waals surface area contributed by atoms with Crippen LogP contribution < -0.4 is 5.73 Å². The van der Waals surface area contributed by atoms with E-state index in [1.807, 2.05) is 6.07 Å². The van der Waals surface area contributed by atoms with Gasteiger partial charge in [0.25, 0.3) is 0 Å². The molecule has 2 N–H and O–H groups in total. The number of halogens is 2. The van der Waals surface area contributed by atoms with Crippen LogP contribution in [0.15, 0.2) is 22.7 Å². The molecule has 3 nitrogen and oxygen atoms in total. The van der Waals surface area contributed by atoms with E-state index in [9.17, 15) is 4.39 Å². The highest BCUT2D eigenvalue weighted by Gasteiger charge is 2.22. The van der Waals surface area contributed by atoms with Gasteiger partial charge in [0.2, 0.25) is 0 Å². The van der Waals surface area contributed by atoms with E-state index in [0.717, 1.165) is 17.6 Å². The van der Waals surface area contributed by atoms with Gasteiger partial charge < -0.3 is 10.5 Å². The average molecular weight is 347 g/mol. The van der Waals surface area contributed by atoms with Gasteiger partial charge in [-0.1, -0.05) is 35.8 Å². The Morgan fingerprint density at radius 3 is 2.60 bits per heavy atom. The number of hydrogen-bond acceptors (Lipinski definition) is 3. The lowest BCUT2D eigenvalue weighted by atomic mass is 10.0. The van der Waals surface area contributed by atoms with Gasteiger partial charge in [-0.15, -0.1) is 0 Å². The topological polar surface area (TPSA) is 38.5 Å². The van der Waals surface area contributed by atoms with Crippen molar-refractivity contribution in [1.29, 1.82) is 0 Å². The van der Waals surface area contributed by atoms with Gasteiger partial charge in [0.15, 0.2) is 0 Å². The Bertz CT molecular complexity index is 415. The highest BCUT2D eigenvalue weighted by molar-refractivity contribution is 9.10. The molecule has 0 aromatic heterocycles. The summed E-state index contributed by atoms with van der Waals surface area (Å²) in [5.41, 5.74) is 6.55. The van der Waals surface area contributed by atoms with Crippen LogP contribution in [0.25, 0.3) is 0 Å². The van der Waals surface area contributed by atoms with Crippen molar-refractivity contribution in [2.45, 2.75) is 19.9 Å². The highest BCUT2D eigenvalue weighted by atomic mass is 79.9. The van der Waals surface area contributed by atoms with Crippen LogP contribution in [0.4, 0.5) is 4.39 Å². The molecule has 1 rings (SSSR count). The summed E-state index contributed by atoms with van der Waals surface area (Å²) in [5, 5.41) is 0. The van der Waals surface area contributed by atoms with Crippen molar-refractivity contribution >= 4 is 15.9 Å². The van der Waals surface area contributed by atoms with E-state index < -0.39 is 0 Å². The number of hydrogen-bond donors (Lipinski definition) is 1. The zero-order valence-electron chi connectivity index (χ0n) is 12.4. The third-order valence-corrected chi connectivity index (χ3v) is 3.66. The minimum Gasteiger partial charge on any atom is -0.383 e. The second-order valence-corrected chi connectivity index (χ2v) is 6.21. The van der Waals surface area contributed by atoms with Gasteiger partial charge in [0, 0.05) is 36.8 Å². The predicted octanol–water partition coefficient (Wildman–Crippen LogP) is 3.19. The molecule has 1 unspecified atom stereocenters. The molecule has 5 heteroatoms. The number of methoxy groups -OCH3 is 1. The Balaban J connectivity index is 2.98. The van der Waals surface area contributed by atoms with Gasteiger partial charge in [0.1, 0.15) is 5.82 Å². The molecular formula is C15H24BrFN2O. The summed E-state index contributed by atoms with van der Waals surface area (Å²) >= 11 is 3.28. The quantitative estimate of drug-likeness (QED) is 0.785. The van der Waals surface area contributed by atoms with E-state index in [0.29, 0.717) is 24.6 Å². The molecule has 20 heavy (non-hydrogen) atoms. The number of benzene rings is 1. The molecule has 0 saturated carbocycles. The summed E-state index contributed by atoms with van der Waals surface area (Å²) in [6.07, 6.45) is 0. The summed E-state index contributed by atoms with van der Waals surface area (Å²) in [5.74, 6) is 0.264. The van der Waals surface area contributed by atoms with Gasteiger partial charge in [0.05, 0.1) is 12.6 Å². The van der Waals surface area contributed by atoms with Crippen LogP contribution in [0.2, 0.25) is 0 Å². The fourth-order valence-electron chi connectivity index (χ4n) is 2.30. The third-order valence-electron chi connectivity index (χ3n) is 3.17. The lowest BCUT2D eigenvalue weighted by Gasteiger charge is -2.32. The molecule has 1 aromatic rings. The summed E-state index contributed by atoms with van der Waals surface area (Å²) < 4.78 is 20.1. The van der Waals surface area contributed by atoms with Crippen LogP contribution in [-0.2, 0) is 4.74 Å². The lowest BCUT2D eigenvalue weighted by molar-refractivity contribution is 0.110. The molecule has 0 heterocycles. The van der Waals surface area contributed by atoms with Crippen LogP contribution in [0.3, 0.4) is 0 Å². The Kier molecular flexibility index (Phi) is 7.66. The van der Waals surface area contributed by atoms with Gasteiger partial charge in [-0.25, -0.2) is 4.39 Å². The first-order valence-corrected chi connectivity index (χ1v) is 7.66. The van der Waals surface area contributed by atoms with Crippen LogP contribution in [0.1, 0.15) is 25.5 Å². The zero-order chi connectivity index (χ0) is 15.1. The molecule has 0 aliphatic carbocycles. The minimum absolute atomic E-state index is 0.124. The maximum absolute atomic E-state index is 14.2. The largest absolute Gasteiger partial charge is 0.383 e. The molecule has 0 saturated heterocycles. The van der Waals surface area contributed by atoms with E-state index in [1.54, 1.807) is 13.2 Å². The fourth-order valence-corrected chi connectivity index (χ4v) is 2.63. The van der Waals surface area contributed by atoms with E-state index in [4.69, 9.17) is 10.5 Å². The Morgan fingerprint density at radius 1 is 1.40 bits per heavy atom. The molecule has 0 radical (unpaired) electrons.